The predicted molar refractivity (Wildman–Crippen MR) is 109 cm³/mol. The lowest BCUT2D eigenvalue weighted by molar-refractivity contribution is 0.226. The molecule has 0 radical (unpaired) electrons. The second-order valence-electron chi connectivity index (χ2n) is 7.13. The van der Waals surface area contributed by atoms with E-state index in [1.165, 1.54) is 0 Å². The maximum Gasteiger partial charge on any atom is 0.287 e. The van der Waals surface area contributed by atoms with Gasteiger partial charge >= 0.3 is 0 Å². The minimum Gasteiger partial charge on any atom is -0.591 e. The summed E-state index contributed by atoms with van der Waals surface area (Å²) in [6.07, 6.45) is -3.08. The van der Waals surface area contributed by atoms with Crippen LogP contribution in [-0.2, 0) is 11.4 Å². The Bertz CT molecular complexity index is 656. The second kappa shape index (κ2) is 9.21. The molecule has 26 heavy (non-hydrogen) atoms. The number of alkyl halides is 2. The second-order valence-corrected chi connectivity index (χ2v) is 15.1. The Morgan fingerprint density at radius 3 is 2.15 bits per heavy atom. The van der Waals surface area contributed by atoms with Gasteiger partial charge in [-0.15, -0.1) is 0 Å². The van der Waals surface area contributed by atoms with E-state index in [1.807, 2.05) is 20.8 Å². The van der Waals surface area contributed by atoms with Crippen molar-refractivity contribution in [2.24, 2.45) is 4.40 Å². The van der Waals surface area contributed by atoms with E-state index >= 15 is 4.39 Å². The molecule has 1 atom stereocenters. The summed E-state index contributed by atoms with van der Waals surface area (Å²) < 4.78 is 57.9. The molecule has 1 aromatic heterocycles. The van der Waals surface area contributed by atoms with E-state index in [0.717, 1.165) is 18.1 Å². The maximum absolute atomic E-state index is 15.3. The third-order valence-electron chi connectivity index (χ3n) is 4.68. The van der Waals surface area contributed by atoms with Crippen LogP contribution in [0.15, 0.2) is 15.1 Å². The van der Waals surface area contributed by atoms with Crippen LogP contribution in [0.4, 0.5) is 13.2 Å². The third-order valence-corrected chi connectivity index (χ3v) is 12.1. The highest BCUT2D eigenvalue weighted by Gasteiger charge is 2.37. The molecule has 0 amide bonds. The lowest BCUT2D eigenvalue weighted by Crippen LogP contribution is -2.48. The van der Waals surface area contributed by atoms with Crippen molar-refractivity contribution < 1.29 is 17.7 Å². The van der Waals surface area contributed by atoms with Crippen LogP contribution in [0.5, 0.6) is 0 Å². The molecular formula is C17H26BrF3N2OSSi. The van der Waals surface area contributed by atoms with Crippen LogP contribution in [0.3, 0.4) is 0 Å². The van der Waals surface area contributed by atoms with Crippen molar-refractivity contribution in [1.82, 2.24) is 4.98 Å². The van der Waals surface area contributed by atoms with Crippen LogP contribution >= 0.6 is 15.9 Å². The van der Waals surface area contributed by atoms with Gasteiger partial charge in [0.15, 0.2) is 5.71 Å². The van der Waals surface area contributed by atoms with Gasteiger partial charge < -0.3 is 4.55 Å². The van der Waals surface area contributed by atoms with Crippen LogP contribution in [0, 0.1) is 5.82 Å². The summed E-state index contributed by atoms with van der Waals surface area (Å²) in [5, 5.41) is 0.469. The van der Waals surface area contributed by atoms with Gasteiger partial charge in [-0.2, -0.15) is 0 Å². The summed E-state index contributed by atoms with van der Waals surface area (Å²) in [4.78, 5) is 3.93. The van der Waals surface area contributed by atoms with E-state index in [4.69, 9.17) is 0 Å². The molecule has 0 spiro atoms. The maximum atomic E-state index is 15.3. The van der Waals surface area contributed by atoms with Crippen LogP contribution in [0.2, 0.25) is 18.1 Å². The minimum atomic E-state index is -3.08. The molecule has 9 heteroatoms. The zero-order valence-corrected chi connectivity index (χ0v) is 19.4. The molecule has 0 aliphatic heterocycles. The number of pyridine rings is 1. The van der Waals surface area contributed by atoms with Crippen LogP contribution in [0.1, 0.15) is 47.2 Å². The lowest BCUT2D eigenvalue weighted by atomic mass is 10.2. The molecule has 3 nitrogen and oxygen atoms in total. The van der Waals surface area contributed by atoms with Gasteiger partial charge in [-0.05, 0) is 48.0 Å². The molecule has 0 saturated heterocycles. The van der Waals surface area contributed by atoms with E-state index in [-0.39, 0.29) is 4.60 Å². The zero-order valence-electron chi connectivity index (χ0n) is 16.0. The summed E-state index contributed by atoms with van der Waals surface area (Å²) in [6.45, 7) is 10.9. The number of aromatic nitrogens is 1. The van der Waals surface area contributed by atoms with Crippen molar-refractivity contribution >= 4 is 46.3 Å². The first kappa shape index (κ1) is 23.7. The van der Waals surface area contributed by atoms with E-state index < -0.39 is 47.8 Å². The normalized spacial score (nSPS) is 14.8. The molecule has 0 unspecified atom stereocenters. The van der Waals surface area contributed by atoms with Crippen LogP contribution < -0.4 is 5.19 Å². The topological polar surface area (TPSA) is 48.3 Å². The molecule has 0 aromatic carbocycles. The fraction of sp³-hybridized carbons (Fsp3) is 0.647. The number of hydrogen-bond donors (Lipinski definition) is 0. The van der Waals surface area contributed by atoms with Crippen molar-refractivity contribution in [2.45, 2.75) is 70.8 Å². The first-order valence-corrected chi connectivity index (χ1v) is 13.1. The first-order chi connectivity index (χ1) is 11.9. The van der Waals surface area contributed by atoms with Gasteiger partial charge in [-0.25, -0.2) is 18.2 Å². The van der Waals surface area contributed by atoms with Gasteiger partial charge in [-0.1, -0.05) is 43.3 Å². The largest absolute Gasteiger partial charge is 0.591 e. The van der Waals surface area contributed by atoms with Gasteiger partial charge in [0.2, 0.25) is 0 Å². The molecule has 148 valence electrons. The van der Waals surface area contributed by atoms with Crippen molar-refractivity contribution in [2.75, 3.05) is 0 Å². The van der Waals surface area contributed by atoms with Crippen molar-refractivity contribution in [3.63, 3.8) is 0 Å². The molecular weight excluding hydrogens is 445 g/mol. The van der Waals surface area contributed by atoms with Crippen molar-refractivity contribution in [1.29, 1.82) is 0 Å². The number of rotatable bonds is 7. The molecule has 0 aliphatic carbocycles. The number of hydrogen-bond acceptors (Lipinski definition) is 3. The zero-order chi connectivity index (χ0) is 20.3. The fourth-order valence-corrected chi connectivity index (χ4v) is 7.69. The van der Waals surface area contributed by atoms with E-state index in [1.54, 1.807) is 26.8 Å². The van der Waals surface area contributed by atoms with E-state index in [9.17, 15) is 13.3 Å². The lowest BCUT2D eigenvalue weighted by Gasteiger charge is -2.29. The highest BCUT2D eigenvalue weighted by Crippen LogP contribution is 2.26. The average Bonchev–Trinajstić information content (AvgIpc) is 2.56. The van der Waals surface area contributed by atoms with Crippen LogP contribution in [-0.4, -0.2) is 34.5 Å². The Morgan fingerprint density at radius 2 is 1.77 bits per heavy atom. The highest BCUT2D eigenvalue weighted by atomic mass is 79.9. The SMILES string of the molecule is CC[Si](CC)(CC)c1cc(Br)nc(C(=N[S@+]([O-])C(C)(C)C)C(F)F)c1F. The average molecular weight is 471 g/mol. The summed E-state index contributed by atoms with van der Waals surface area (Å²) in [5.74, 6) is -0.754. The van der Waals surface area contributed by atoms with E-state index in [0.29, 0.717) is 5.19 Å². The Hall–Kier alpha value is -0.383. The van der Waals surface area contributed by atoms with Crippen molar-refractivity contribution in [3.05, 3.63) is 22.2 Å². The predicted octanol–water partition coefficient (Wildman–Crippen LogP) is 5.22. The Balaban J connectivity index is 3.69. The van der Waals surface area contributed by atoms with Crippen molar-refractivity contribution in [3.8, 4) is 0 Å². The number of nitrogens with zero attached hydrogens (tertiary/aromatic N) is 2. The Morgan fingerprint density at radius 1 is 1.27 bits per heavy atom. The third kappa shape index (κ3) is 5.11. The van der Waals surface area contributed by atoms with E-state index in [2.05, 4.69) is 25.3 Å². The summed E-state index contributed by atoms with van der Waals surface area (Å²) in [5.41, 5.74) is -1.36. The van der Waals surface area contributed by atoms with Crippen LogP contribution in [0.25, 0.3) is 0 Å². The molecule has 0 bridgehead atoms. The molecule has 1 aromatic rings. The smallest absolute Gasteiger partial charge is 0.287 e. The molecule has 0 saturated carbocycles. The summed E-state index contributed by atoms with van der Waals surface area (Å²) >= 11 is 1.28. The molecule has 0 N–H and O–H groups in total. The van der Waals surface area contributed by atoms with Gasteiger partial charge in [-0.3, -0.25) is 0 Å². The summed E-state index contributed by atoms with van der Waals surface area (Å²) in [7, 11) is -2.18. The molecule has 1 rings (SSSR count). The standard InChI is InChI=1S/C17H26BrF3N2OSSi/c1-7-26(8-2,9-3)11-10-12(18)22-14(13(11)19)15(16(20)21)23-25(24)17(4,5)6/h10,16H,7-9H2,1-6H3/t25-/m1/s1. The first-order valence-electron chi connectivity index (χ1n) is 8.59. The quantitative estimate of drug-likeness (QED) is 0.237. The number of halogens is 4. The molecule has 0 aliphatic rings. The minimum absolute atomic E-state index is 0.283. The molecule has 0 fully saturated rings. The van der Waals surface area contributed by atoms with Gasteiger partial charge in [0, 0.05) is 0 Å². The van der Waals surface area contributed by atoms with Gasteiger partial charge in [0.25, 0.3) is 6.43 Å². The molecule has 1 heterocycles. The Kier molecular flexibility index (Phi) is 8.38. The van der Waals surface area contributed by atoms with Gasteiger partial charge in [0.05, 0.1) is 8.07 Å². The monoisotopic (exact) mass is 470 g/mol. The van der Waals surface area contributed by atoms with Gasteiger partial charge in [0.1, 0.15) is 32.2 Å². The summed E-state index contributed by atoms with van der Waals surface area (Å²) in [6, 6.07) is 3.98. The Labute approximate surface area is 166 Å². The fourth-order valence-electron chi connectivity index (χ4n) is 2.79. The highest BCUT2D eigenvalue weighted by molar-refractivity contribution is 9.10.